The average molecular weight is 420 g/mol. The number of ether oxygens (including phenoxy) is 3. The van der Waals surface area contributed by atoms with Crippen molar-refractivity contribution in [1.29, 1.82) is 0 Å². The second kappa shape index (κ2) is 7.31. The highest BCUT2D eigenvalue weighted by Crippen LogP contribution is 2.36. The standard InChI is InChI=1S/C16H19F3N4O6/c1-15(2,16(17,18)19)29-14(26)27-5-9-10(24)11(25)12(28-9)7-3-4-8-13(20)21-6-22-23(7)8/h3-4,6,9-12,24-25H,5H2,1-2H3,(H2,20,21,22)/t9-,10-,11-,12+/m1/s1. The quantitative estimate of drug-likeness (QED) is 0.617. The molecule has 1 aliphatic rings. The zero-order chi connectivity index (χ0) is 21.6. The number of carbonyl (C=O) groups excluding carboxylic acids is 1. The highest BCUT2D eigenvalue weighted by molar-refractivity contribution is 5.65. The third-order valence-electron chi connectivity index (χ3n) is 4.55. The molecule has 13 heteroatoms. The van der Waals surface area contributed by atoms with E-state index in [9.17, 15) is 28.2 Å². The number of hydrogen-bond donors (Lipinski definition) is 3. The number of nitrogen functional groups attached to an aromatic ring is 1. The number of rotatable bonds is 4. The molecule has 0 unspecified atom stereocenters. The van der Waals surface area contributed by atoms with E-state index in [0.717, 1.165) is 0 Å². The normalized spacial score (nSPS) is 25.3. The third-order valence-corrected chi connectivity index (χ3v) is 4.55. The fraction of sp³-hybridized carbons (Fsp3) is 0.562. The Morgan fingerprint density at radius 2 is 2.00 bits per heavy atom. The SMILES string of the molecule is CC(C)(OC(=O)OC[C@H]1O[C@@H](c2ccc3c(N)ncnn23)[C@H](O)[C@@H]1O)C(F)(F)F. The molecule has 4 N–H and O–H groups in total. The summed E-state index contributed by atoms with van der Waals surface area (Å²) in [5, 5.41) is 24.5. The second-order valence-corrected chi connectivity index (χ2v) is 6.95. The van der Waals surface area contributed by atoms with Gasteiger partial charge in [-0.25, -0.2) is 14.3 Å². The molecule has 2 aromatic heterocycles. The summed E-state index contributed by atoms with van der Waals surface area (Å²) in [5.41, 5.74) is 3.79. The molecule has 0 bridgehead atoms. The lowest BCUT2D eigenvalue weighted by Gasteiger charge is -2.27. The number of aliphatic hydroxyl groups excluding tert-OH is 2. The van der Waals surface area contributed by atoms with Crippen LogP contribution in [0.3, 0.4) is 0 Å². The lowest BCUT2D eigenvalue weighted by atomic mass is 10.1. The highest BCUT2D eigenvalue weighted by atomic mass is 19.4. The van der Waals surface area contributed by atoms with E-state index in [0.29, 0.717) is 25.1 Å². The van der Waals surface area contributed by atoms with Crippen molar-refractivity contribution in [3.8, 4) is 0 Å². The van der Waals surface area contributed by atoms with Crippen LogP contribution < -0.4 is 5.73 Å². The Morgan fingerprint density at radius 3 is 2.66 bits per heavy atom. The Labute approximate surface area is 162 Å². The lowest BCUT2D eigenvalue weighted by Crippen LogP contribution is -2.44. The van der Waals surface area contributed by atoms with Crippen LogP contribution in [0.4, 0.5) is 23.8 Å². The van der Waals surface area contributed by atoms with Crippen molar-refractivity contribution in [2.75, 3.05) is 12.3 Å². The van der Waals surface area contributed by atoms with E-state index in [-0.39, 0.29) is 5.82 Å². The Hall–Kier alpha value is -2.64. The number of halogens is 3. The summed E-state index contributed by atoms with van der Waals surface area (Å²) in [6, 6.07) is 3.15. The van der Waals surface area contributed by atoms with E-state index in [2.05, 4.69) is 19.6 Å². The van der Waals surface area contributed by atoms with Crippen LogP contribution in [0.25, 0.3) is 5.52 Å². The van der Waals surface area contributed by atoms with E-state index in [4.69, 9.17) is 10.5 Å². The maximum Gasteiger partial charge on any atom is 0.509 e. The topological polar surface area (TPSA) is 141 Å². The van der Waals surface area contributed by atoms with Gasteiger partial charge in [0.05, 0.1) is 5.69 Å². The maximum atomic E-state index is 12.8. The number of hydrogen-bond acceptors (Lipinski definition) is 9. The molecule has 0 aromatic carbocycles. The molecule has 0 amide bonds. The monoisotopic (exact) mass is 420 g/mol. The number of aliphatic hydroxyl groups is 2. The van der Waals surface area contributed by atoms with Crippen molar-refractivity contribution in [3.63, 3.8) is 0 Å². The molecule has 1 saturated heterocycles. The van der Waals surface area contributed by atoms with Gasteiger partial charge >= 0.3 is 12.3 Å². The molecule has 0 saturated carbocycles. The molecule has 160 valence electrons. The minimum atomic E-state index is -4.80. The minimum Gasteiger partial charge on any atom is -0.431 e. The number of fused-ring (bicyclic) bond motifs is 1. The fourth-order valence-corrected chi connectivity index (χ4v) is 2.77. The summed E-state index contributed by atoms with van der Waals surface area (Å²) in [7, 11) is 0. The van der Waals surface area contributed by atoms with Crippen molar-refractivity contribution in [2.24, 2.45) is 0 Å². The number of aromatic nitrogens is 3. The number of nitrogens with two attached hydrogens (primary N) is 1. The Morgan fingerprint density at radius 1 is 1.31 bits per heavy atom. The first-order valence-corrected chi connectivity index (χ1v) is 8.44. The van der Waals surface area contributed by atoms with Gasteiger partial charge in [-0.1, -0.05) is 0 Å². The first kappa shape index (κ1) is 21.1. The number of nitrogens with zero attached hydrogens (tertiary/aromatic N) is 3. The van der Waals surface area contributed by atoms with Crippen LogP contribution in [0.2, 0.25) is 0 Å². The summed E-state index contributed by atoms with van der Waals surface area (Å²) >= 11 is 0. The van der Waals surface area contributed by atoms with Gasteiger partial charge in [0, 0.05) is 0 Å². The molecule has 0 radical (unpaired) electrons. The maximum absolute atomic E-state index is 12.8. The number of carbonyl (C=O) groups is 1. The smallest absolute Gasteiger partial charge is 0.431 e. The van der Waals surface area contributed by atoms with E-state index >= 15 is 0 Å². The molecule has 2 aromatic rings. The van der Waals surface area contributed by atoms with E-state index in [1.165, 1.54) is 10.8 Å². The van der Waals surface area contributed by atoms with Gasteiger partial charge in [0.15, 0.2) is 5.82 Å². The first-order valence-electron chi connectivity index (χ1n) is 8.44. The largest absolute Gasteiger partial charge is 0.509 e. The van der Waals surface area contributed by atoms with Crippen LogP contribution in [0.1, 0.15) is 25.6 Å². The van der Waals surface area contributed by atoms with E-state index in [1.807, 2.05) is 0 Å². The van der Waals surface area contributed by atoms with Gasteiger partial charge in [-0.15, -0.1) is 0 Å². The number of alkyl halides is 3. The molecule has 3 rings (SSSR count). The first-order chi connectivity index (χ1) is 13.4. The van der Waals surface area contributed by atoms with Crippen molar-refractivity contribution in [2.45, 2.75) is 50.0 Å². The predicted molar refractivity (Wildman–Crippen MR) is 89.6 cm³/mol. The molecule has 0 aliphatic carbocycles. The van der Waals surface area contributed by atoms with Crippen LogP contribution in [0, 0.1) is 0 Å². The zero-order valence-electron chi connectivity index (χ0n) is 15.3. The van der Waals surface area contributed by atoms with E-state index < -0.39 is 49.0 Å². The van der Waals surface area contributed by atoms with Crippen molar-refractivity contribution >= 4 is 17.5 Å². The molecule has 3 heterocycles. The number of anilines is 1. The summed E-state index contributed by atoms with van der Waals surface area (Å²) < 4.78 is 54.1. The van der Waals surface area contributed by atoms with Crippen LogP contribution >= 0.6 is 0 Å². The molecule has 1 aliphatic heterocycles. The zero-order valence-corrected chi connectivity index (χ0v) is 15.3. The molecule has 0 spiro atoms. The Balaban J connectivity index is 1.67. The molecule has 29 heavy (non-hydrogen) atoms. The van der Waals surface area contributed by atoms with Gasteiger partial charge in [-0.3, -0.25) is 0 Å². The van der Waals surface area contributed by atoms with Crippen molar-refractivity contribution in [3.05, 3.63) is 24.2 Å². The summed E-state index contributed by atoms with van der Waals surface area (Å²) in [4.78, 5) is 15.4. The van der Waals surface area contributed by atoms with Crippen LogP contribution in [-0.2, 0) is 14.2 Å². The Bertz CT molecular complexity index is 902. The molecule has 10 nitrogen and oxygen atoms in total. The molecular formula is C16H19F3N4O6. The highest BCUT2D eigenvalue weighted by Gasteiger charge is 2.51. The molecular weight excluding hydrogens is 401 g/mol. The van der Waals surface area contributed by atoms with E-state index in [1.54, 1.807) is 12.1 Å². The molecule has 1 fully saturated rings. The van der Waals surface area contributed by atoms with Gasteiger partial charge in [0.1, 0.15) is 42.9 Å². The van der Waals surface area contributed by atoms with Crippen LogP contribution in [0.15, 0.2) is 18.5 Å². The second-order valence-electron chi connectivity index (χ2n) is 6.95. The predicted octanol–water partition coefficient (Wildman–Crippen LogP) is 0.967. The summed E-state index contributed by atoms with van der Waals surface area (Å²) in [5.74, 6) is 0.189. The molecule has 4 atom stereocenters. The minimum absolute atomic E-state index is 0.189. The Kier molecular flexibility index (Phi) is 5.32. The summed E-state index contributed by atoms with van der Waals surface area (Å²) in [6.07, 6.45) is -10.3. The van der Waals surface area contributed by atoms with Gasteiger partial charge < -0.3 is 30.2 Å². The van der Waals surface area contributed by atoms with Crippen molar-refractivity contribution < 1.29 is 42.4 Å². The van der Waals surface area contributed by atoms with Gasteiger partial charge in [-0.05, 0) is 26.0 Å². The van der Waals surface area contributed by atoms with Crippen LogP contribution in [-0.4, -0.2) is 67.7 Å². The lowest BCUT2D eigenvalue weighted by molar-refractivity contribution is -0.250. The summed E-state index contributed by atoms with van der Waals surface area (Å²) in [6.45, 7) is 0.697. The van der Waals surface area contributed by atoms with Gasteiger partial charge in [-0.2, -0.15) is 18.3 Å². The average Bonchev–Trinajstić information content (AvgIpc) is 3.15. The van der Waals surface area contributed by atoms with Crippen molar-refractivity contribution in [1.82, 2.24) is 14.6 Å². The van der Waals surface area contributed by atoms with Crippen LogP contribution in [0.5, 0.6) is 0 Å². The van der Waals surface area contributed by atoms with Gasteiger partial charge in [0.25, 0.3) is 0 Å². The fourth-order valence-electron chi connectivity index (χ4n) is 2.77. The third kappa shape index (κ3) is 3.93. The van der Waals surface area contributed by atoms with Gasteiger partial charge in [0.2, 0.25) is 5.60 Å².